The van der Waals surface area contributed by atoms with E-state index < -0.39 is 0 Å². The summed E-state index contributed by atoms with van der Waals surface area (Å²) in [5, 5.41) is 0. The number of nitrogens with zero attached hydrogens (tertiary/aromatic N) is 1. The lowest BCUT2D eigenvalue weighted by Crippen LogP contribution is -2.34. The van der Waals surface area contributed by atoms with Gasteiger partial charge < -0.3 is 14.4 Å². The zero-order valence-electron chi connectivity index (χ0n) is 11.8. The Balaban J connectivity index is 1.81. The van der Waals surface area contributed by atoms with Gasteiger partial charge >= 0.3 is 5.97 Å². The number of hydrogen-bond donors (Lipinski definition) is 0. The number of ether oxygens (including phenoxy) is 2. The van der Waals surface area contributed by atoms with Gasteiger partial charge in [-0.3, -0.25) is 9.59 Å². The van der Waals surface area contributed by atoms with Crippen molar-refractivity contribution in [2.75, 3.05) is 26.8 Å². The fraction of sp³-hybridized carbons (Fsp3) is 0.467. The van der Waals surface area contributed by atoms with Crippen LogP contribution < -0.4 is 4.74 Å². The minimum absolute atomic E-state index is 0.00302. The summed E-state index contributed by atoms with van der Waals surface area (Å²) in [6.07, 6.45) is 0.656. The molecule has 1 aliphatic heterocycles. The van der Waals surface area contributed by atoms with Gasteiger partial charge in [0.2, 0.25) is 0 Å². The van der Waals surface area contributed by atoms with E-state index in [1.165, 1.54) is 7.11 Å². The number of esters is 1. The van der Waals surface area contributed by atoms with Crippen LogP contribution in [0.3, 0.4) is 0 Å². The topological polar surface area (TPSA) is 55.8 Å². The zero-order chi connectivity index (χ0) is 14.5. The Bertz CT molecular complexity index is 483. The summed E-state index contributed by atoms with van der Waals surface area (Å²) < 4.78 is 10.1. The van der Waals surface area contributed by atoms with Crippen LogP contribution in [0.25, 0.3) is 0 Å². The van der Waals surface area contributed by atoms with Crippen molar-refractivity contribution in [1.82, 2.24) is 4.90 Å². The van der Waals surface area contributed by atoms with Crippen molar-refractivity contribution in [3.05, 3.63) is 29.8 Å². The first kappa shape index (κ1) is 14.4. The first-order valence-corrected chi connectivity index (χ1v) is 6.65. The van der Waals surface area contributed by atoms with Crippen LogP contribution in [0, 0.1) is 12.8 Å². The number of methoxy groups -OCH3 is 1. The summed E-state index contributed by atoms with van der Waals surface area (Å²) in [6.45, 7) is 2.99. The summed E-state index contributed by atoms with van der Waals surface area (Å²) in [6, 6.07) is 7.54. The molecule has 1 amide bonds. The largest absolute Gasteiger partial charge is 0.484 e. The summed E-state index contributed by atoms with van der Waals surface area (Å²) in [7, 11) is 1.37. The average Bonchev–Trinajstić information content (AvgIpc) is 2.95. The van der Waals surface area contributed by atoms with E-state index in [-0.39, 0.29) is 24.4 Å². The number of amides is 1. The Hall–Kier alpha value is -2.04. The maximum Gasteiger partial charge on any atom is 0.310 e. The van der Waals surface area contributed by atoms with E-state index in [9.17, 15) is 9.59 Å². The first-order valence-electron chi connectivity index (χ1n) is 6.65. The molecular weight excluding hydrogens is 258 g/mol. The fourth-order valence-electron chi connectivity index (χ4n) is 2.22. The third-order valence-electron chi connectivity index (χ3n) is 3.46. The number of aryl methyl sites for hydroxylation is 1. The standard InChI is InChI=1S/C15H19NO4/c1-11-3-5-13(6-4-11)20-10-14(17)16-8-7-12(9-16)15(18)19-2/h3-6,12H,7-10H2,1-2H3. The Labute approximate surface area is 118 Å². The number of benzene rings is 1. The van der Waals surface area contributed by atoms with Crippen molar-refractivity contribution >= 4 is 11.9 Å². The first-order chi connectivity index (χ1) is 9.60. The molecule has 1 saturated heterocycles. The minimum Gasteiger partial charge on any atom is -0.484 e. The van der Waals surface area contributed by atoms with Crippen molar-refractivity contribution in [1.29, 1.82) is 0 Å². The van der Waals surface area contributed by atoms with E-state index in [0.717, 1.165) is 5.56 Å². The summed E-state index contributed by atoms with van der Waals surface area (Å²) in [5.41, 5.74) is 1.14. The second-order valence-corrected chi connectivity index (χ2v) is 4.95. The SMILES string of the molecule is COC(=O)C1CCN(C(=O)COc2ccc(C)cc2)C1. The summed E-state index contributed by atoms with van der Waals surface area (Å²) in [4.78, 5) is 25.0. The summed E-state index contributed by atoms with van der Waals surface area (Å²) >= 11 is 0. The van der Waals surface area contributed by atoms with Crippen LogP contribution in [-0.4, -0.2) is 43.6 Å². The van der Waals surface area contributed by atoms with E-state index in [1.807, 2.05) is 31.2 Å². The molecule has 5 heteroatoms. The van der Waals surface area contributed by atoms with Gasteiger partial charge in [0.05, 0.1) is 13.0 Å². The van der Waals surface area contributed by atoms with Crippen LogP contribution in [0.15, 0.2) is 24.3 Å². The van der Waals surface area contributed by atoms with Crippen LogP contribution in [0.1, 0.15) is 12.0 Å². The summed E-state index contributed by atoms with van der Waals surface area (Å²) in [5.74, 6) is 0.118. The molecule has 108 valence electrons. The maximum absolute atomic E-state index is 12.0. The Morgan fingerprint density at radius 3 is 2.65 bits per heavy atom. The highest BCUT2D eigenvalue weighted by Gasteiger charge is 2.31. The number of carbonyl (C=O) groups excluding carboxylic acids is 2. The highest BCUT2D eigenvalue weighted by Crippen LogP contribution is 2.18. The Kier molecular flexibility index (Phi) is 4.61. The van der Waals surface area contributed by atoms with Gasteiger partial charge in [0.15, 0.2) is 6.61 Å². The van der Waals surface area contributed by atoms with Gasteiger partial charge in [0.25, 0.3) is 5.91 Å². The van der Waals surface area contributed by atoms with E-state index in [1.54, 1.807) is 4.90 Å². The van der Waals surface area contributed by atoms with E-state index in [0.29, 0.717) is 25.3 Å². The van der Waals surface area contributed by atoms with Crippen LogP contribution in [0.5, 0.6) is 5.75 Å². The van der Waals surface area contributed by atoms with E-state index >= 15 is 0 Å². The molecule has 0 saturated carbocycles. The molecule has 2 rings (SSSR count). The van der Waals surface area contributed by atoms with Gasteiger partial charge in [0.1, 0.15) is 5.75 Å². The molecule has 1 aromatic carbocycles. The van der Waals surface area contributed by atoms with Crippen LogP contribution in [-0.2, 0) is 14.3 Å². The second kappa shape index (κ2) is 6.41. The molecule has 1 unspecified atom stereocenters. The molecule has 0 spiro atoms. The molecule has 0 aliphatic carbocycles. The second-order valence-electron chi connectivity index (χ2n) is 4.95. The van der Waals surface area contributed by atoms with Gasteiger partial charge in [-0.1, -0.05) is 17.7 Å². The third-order valence-corrected chi connectivity index (χ3v) is 3.46. The Morgan fingerprint density at radius 1 is 1.30 bits per heavy atom. The highest BCUT2D eigenvalue weighted by atomic mass is 16.5. The van der Waals surface area contributed by atoms with Crippen LogP contribution >= 0.6 is 0 Å². The lowest BCUT2D eigenvalue weighted by atomic mass is 10.1. The molecule has 0 bridgehead atoms. The third kappa shape index (κ3) is 3.50. The van der Waals surface area contributed by atoms with Gasteiger partial charge in [0, 0.05) is 13.1 Å². The maximum atomic E-state index is 12.0. The number of hydrogen-bond acceptors (Lipinski definition) is 4. The van der Waals surface area contributed by atoms with Gasteiger partial charge in [-0.05, 0) is 25.5 Å². The minimum atomic E-state index is -0.250. The van der Waals surface area contributed by atoms with Gasteiger partial charge in [-0.25, -0.2) is 0 Å². The molecule has 1 fully saturated rings. The van der Waals surface area contributed by atoms with Crippen molar-refractivity contribution in [3.8, 4) is 5.75 Å². The molecule has 1 atom stereocenters. The van der Waals surface area contributed by atoms with Gasteiger partial charge in [-0.2, -0.15) is 0 Å². The zero-order valence-corrected chi connectivity index (χ0v) is 11.8. The molecule has 0 N–H and O–H groups in total. The Morgan fingerprint density at radius 2 is 2.00 bits per heavy atom. The van der Waals surface area contributed by atoms with Crippen molar-refractivity contribution in [2.24, 2.45) is 5.92 Å². The molecule has 5 nitrogen and oxygen atoms in total. The van der Waals surface area contributed by atoms with Crippen molar-refractivity contribution in [2.45, 2.75) is 13.3 Å². The molecular formula is C15H19NO4. The monoisotopic (exact) mass is 277 g/mol. The number of carbonyl (C=O) groups is 2. The normalized spacial score (nSPS) is 17.9. The lowest BCUT2D eigenvalue weighted by Gasteiger charge is -2.16. The van der Waals surface area contributed by atoms with Crippen LogP contribution in [0.4, 0.5) is 0 Å². The van der Waals surface area contributed by atoms with Gasteiger partial charge in [-0.15, -0.1) is 0 Å². The molecule has 0 aromatic heterocycles. The number of likely N-dealkylation sites (tertiary alicyclic amines) is 1. The smallest absolute Gasteiger partial charge is 0.310 e. The molecule has 0 radical (unpaired) electrons. The molecule has 1 aliphatic rings. The molecule has 1 aromatic rings. The number of rotatable bonds is 4. The highest BCUT2D eigenvalue weighted by molar-refractivity contribution is 5.80. The molecule has 1 heterocycles. The predicted octanol–water partition coefficient (Wildman–Crippen LogP) is 1.40. The van der Waals surface area contributed by atoms with E-state index in [2.05, 4.69) is 0 Å². The van der Waals surface area contributed by atoms with Crippen molar-refractivity contribution in [3.63, 3.8) is 0 Å². The van der Waals surface area contributed by atoms with E-state index in [4.69, 9.17) is 9.47 Å². The average molecular weight is 277 g/mol. The quantitative estimate of drug-likeness (QED) is 0.781. The lowest BCUT2D eigenvalue weighted by molar-refractivity contribution is -0.145. The van der Waals surface area contributed by atoms with Crippen LogP contribution in [0.2, 0.25) is 0 Å². The fourth-order valence-corrected chi connectivity index (χ4v) is 2.22. The molecule has 20 heavy (non-hydrogen) atoms. The predicted molar refractivity (Wildman–Crippen MR) is 73.4 cm³/mol. The van der Waals surface area contributed by atoms with Crippen molar-refractivity contribution < 1.29 is 19.1 Å².